The van der Waals surface area contributed by atoms with Crippen molar-refractivity contribution < 1.29 is 9.59 Å². The molecule has 1 heterocycles. The van der Waals surface area contributed by atoms with Gasteiger partial charge >= 0.3 is 0 Å². The quantitative estimate of drug-likeness (QED) is 0.903. The fourth-order valence-corrected chi connectivity index (χ4v) is 2.10. The number of aromatic nitrogens is 1. The van der Waals surface area contributed by atoms with Crippen molar-refractivity contribution in [3.8, 4) is 0 Å². The fraction of sp³-hybridized carbons (Fsp3) is 0.143. The molecule has 0 fully saturated rings. The molecule has 2 amide bonds. The van der Waals surface area contributed by atoms with Gasteiger partial charge in [-0.15, -0.1) is 0 Å². The normalized spacial score (nSPS) is 10.3. The van der Waals surface area contributed by atoms with Crippen molar-refractivity contribution in [3.63, 3.8) is 0 Å². The lowest BCUT2D eigenvalue weighted by Crippen LogP contribution is -2.16. The second kappa shape index (κ2) is 5.79. The smallest absolute Gasteiger partial charge is 0.272 e. The lowest BCUT2D eigenvalue weighted by Gasteiger charge is -2.06. The first-order valence-electron chi connectivity index (χ1n) is 5.96. The van der Waals surface area contributed by atoms with Gasteiger partial charge in [0.05, 0.1) is 11.4 Å². The molecule has 0 unspecified atom stereocenters. The van der Waals surface area contributed by atoms with Crippen LogP contribution in [0, 0.1) is 0 Å². The minimum absolute atomic E-state index is 0.182. The van der Waals surface area contributed by atoms with Crippen molar-refractivity contribution in [2.45, 2.75) is 6.42 Å². The summed E-state index contributed by atoms with van der Waals surface area (Å²) < 4.78 is 1.65. The number of nitrogens with zero attached hydrogens (tertiary/aromatic N) is 1. The maximum Gasteiger partial charge on any atom is 0.272 e. The number of halogens is 1. The molecule has 0 atom stereocenters. The zero-order chi connectivity index (χ0) is 14.7. The number of amides is 2. The van der Waals surface area contributed by atoms with E-state index >= 15 is 0 Å². The molecule has 0 aliphatic carbocycles. The third-order valence-corrected chi connectivity index (χ3v) is 3.00. The Morgan fingerprint density at radius 3 is 2.45 bits per heavy atom. The van der Waals surface area contributed by atoms with Crippen LogP contribution in [0.2, 0.25) is 5.02 Å². The first kappa shape index (κ1) is 14.1. The Morgan fingerprint density at radius 1 is 1.30 bits per heavy atom. The third kappa shape index (κ3) is 3.39. The van der Waals surface area contributed by atoms with Gasteiger partial charge in [0.2, 0.25) is 5.91 Å². The number of carbonyl (C=O) groups excluding carboxylic acids is 2. The Kier molecular flexibility index (Phi) is 4.10. The predicted octanol–water partition coefficient (Wildman–Crippen LogP) is 1.96. The van der Waals surface area contributed by atoms with Gasteiger partial charge in [0.1, 0.15) is 5.69 Å². The van der Waals surface area contributed by atoms with Gasteiger partial charge in [-0.3, -0.25) is 9.59 Å². The molecule has 0 aliphatic heterocycles. The Morgan fingerprint density at radius 2 is 1.95 bits per heavy atom. The van der Waals surface area contributed by atoms with Crippen LogP contribution in [0.3, 0.4) is 0 Å². The minimum Gasteiger partial charge on any atom is -0.369 e. The van der Waals surface area contributed by atoms with Gasteiger partial charge in [-0.2, -0.15) is 0 Å². The summed E-state index contributed by atoms with van der Waals surface area (Å²) in [5, 5.41) is 3.27. The highest BCUT2D eigenvalue weighted by Gasteiger charge is 2.11. The molecular weight excluding hydrogens is 278 g/mol. The molecule has 0 saturated heterocycles. The fourth-order valence-electron chi connectivity index (χ4n) is 1.85. The maximum absolute atomic E-state index is 12.0. The molecule has 5 nitrogen and oxygen atoms in total. The number of benzene rings is 1. The standard InChI is InChI=1S/C14H14ClN3O2/c1-18-8-10(15)7-12(18)14(20)17-11-4-2-9(3-5-11)6-13(16)19/h2-5,7-8H,6H2,1H3,(H2,16,19)(H,17,20). The van der Waals surface area contributed by atoms with E-state index in [-0.39, 0.29) is 18.2 Å². The van der Waals surface area contributed by atoms with Crippen LogP contribution >= 0.6 is 11.6 Å². The summed E-state index contributed by atoms with van der Waals surface area (Å²) in [4.78, 5) is 22.8. The summed E-state index contributed by atoms with van der Waals surface area (Å²) >= 11 is 5.84. The summed E-state index contributed by atoms with van der Waals surface area (Å²) in [7, 11) is 1.75. The summed E-state index contributed by atoms with van der Waals surface area (Å²) in [5.41, 5.74) is 7.03. The van der Waals surface area contributed by atoms with E-state index in [9.17, 15) is 9.59 Å². The van der Waals surface area contributed by atoms with Gasteiger partial charge in [-0.05, 0) is 23.8 Å². The first-order chi connectivity index (χ1) is 9.45. The molecule has 1 aromatic carbocycles. The molecule has 0 aliphatic rings. The molecule has 0 radical (unpaired) electrons. The topological polar surface area (TPSA) is 77.1 Å². The highest BCUT2D eigenvalue weighted by Crippen LogP contribution is 2.15. The lowest BCUT2D eigenvalue weighted by atomic mass is 10.1. The molecule has 104 valence electrons. The van der Waals surface area contributed by atoms with E-state index in [0.717, 1.165) is 5.56 Å². The maximum atomic E-state index is 12.0. The minimum atomic E-state index is -0.389. The number of rotatable bonds is 4. The number of primary amides is 1. The molecule has 2 rings (SSSR count). The number of hydrogen-bond acceptors (Lipinski definition) is 2. The highest BCUT2D eigenvalue weighted by molar-refractivity contribution is 6.31. The van der Waals surface area contributed by atoms with Crippen LogP contribution in [-0.4, -0.2) is 16.4 Å². The molecule has 0 saturated carbocycles. The van der Waals surface area contributed by atoms with Crippen LogP contribution in [0.5, 0.6) is 0 Å². The first-order valence-corrected chi connectivity index (χ1v) is 6.34. The second-order valence-electron chi connectivity index (χ2n) is 4.45. The van der Waals surface area contributed by atoms with Crippen molar-refractivity contribution >= 4 is 29.1 Å². The van der Waals surface area contributed by atoms with Crippen LogP contribution in [0.15, 0.2) is 36.5 Å². The average Bonchev–Trinajstić information content (AvgIpc) is 2.70. The van der Waals surface area contributed by atoms with E-state index in [2.05, 4.69) is 5.32 Å². The second-order valence-corrected chi connectivity index (χ2v) is 4.89. The number of nitrogens with one attached hydrogen (secondary N) is 1. The zero-order valence-corrected chi connectivity index (χ0v) is 11.6. The monoisotopic (exact) mass is 291 g/mol. The van der Waals surface area contributed by atoms with Crippen molar-refractivity contribution in [1.29, 1.82) is 0 Å². The molecule has 6 heteroatoms. The molecule has 0 bridgehead atoms. The van der Waals surface area contributed by atoms with Gasteiger partial charge in [-0.1, -0.05) is 23.7 Å². The van der Waals surface area contributed by atoms with E-state index in [1.54, 1.807) is 48.1 Å². The number of anilines is 1. The van der Waals surface area contributed by atoms with E-state index < -0.39 is 0 Å². The predicted molar refractivity (Wildman–Crippen MR) is 77.7 cm³/mol. The van der Waals surface area contributed by atoms with Gasteiger partial charge < -0.3 is 15.6 Å². The van der Waals surface area contributed by atoms with E-state index in [4.69, 9.17) is 17.3 Å². The number of hydrogen-bond donors (Lipinski definition) is 2. The van der Waals surface area contributed by atoms with Crippen molar-refractivity contribution in [2.75, 3.05) is 5.32 Å². The van der Waals surface area contributed by atoms with Gasteiger partial charge in [0.15, 0.2) is 0 Å². The van der Waals surface area contributed by atoms with Crippen LogP contribution in [0.1, 0.15) is 16.1 Å². The van der Waals surface area contributed by atoms with E-state index in [1.165, 1.54) is 0 Å². The van der Waals surface area contributed by atoms with Gasteiger partial charge in [0, 0.05) is 18.9 Å². The zero-order valence-electron chi connectivity index (χ0n) is 10.9. The molecular formula is C14H14ClN3O2. The SMILES string of the molecule is Cn1cc(Cl)cc1C(=O)Nc1ccc(CC(N)=O)cc1. The van der Waals surface area contributed by atoms with Gasteiger partial charge in [0.25, 0.3) is 5.91 Å². The molecule has 1 aromatic heterocycles. The highest BCUT2D eigenvalue weighted by atomic mass is 35.5. The van der Waals surface area contributed by atoms with E-state index in [1.807, 2.05) is 0 Å². The van der Waals surface area contributed by atoms with Crippen LogP contribution < -0.4 is 11.1 Å². The summed E-state index contributed by atoms with van der Waals surface area (Å²) in [6, 6.07) is 8.54. The van der Waals surface area contributed by atoms with Crippen LogP contribution in [-0.2, 0) is 18.3 Å². The van der Waals surface area contributed by atoms with Crippen LogP contribution in [0.4, 0.5) is 5.69 Å². The third-order valence-electron chi connectivity index (χ3n) is 2.79. The Balaban J connectivity index is 2.08. The number of carbonyl (C=O) groups is 2. The number of aryl methyl sites for hydroxylation is 1. The average molecular weight is 292 g/mol. The van der Waals surface area contributed by atoms with Crippen LogP contribution in [0.25, 0.3) is 0 Å². The Hall–Kier alpha value is -2.27. The van der Waals surface area contributed by atoms with Crippen molar-refractivity contribution in [2.24, 2.45) is 12.8 Å². The molecule has 20 heavy (non-hydrogen) atoms. The Labute approximate surface area is 121 Å². The molecule has 2 aromatic rings. The largest absolute Gasteiger partial charge is 0.369 e. The molecule has 3 N–H and O–H groups in total. The van der Waals surface area contributed by atoms with Crippen molar-refractivity contribution in [1.82, 2.24) is 4.57 Å². The molecule has 0 spiro atoms. The van der Waals surface area contributed by atoms with Crippen molar-refractivity contribution in [3.05, 3.63) is 52.8 Å². The lowest BCUT2D eigenvalue weighted by molar-refractivity contribution is -0.117. The Bertz CT molecular complexity index is 647. The summed E-state index contributed by atoms with van der Waals surface area (Å²) in [6.45, 7) is 0. The summed E-state index contributed by atoms with van der Waals surface area (Å²) in [5.74, 6) is -0.637. The summed E-state index contributed by atoms with van der Waals surface area (Å²) in [6.07, 6.45) is 1.84. The van der Waals surface area contributed by atoms with Gasteiger partial charge in [-0.25, -0.2) is 0 Å². The van der Waals surface area contributed by atoms with E-state index in [0.29, 0.717) is 16.4 Å². The number of nitrogens with two attached hydrogens (primary N) is 1.